The van der Waals surface area contributed by atoms with Gasteiger partial charge in [0.25, 0.3) is 0 Å². The second-order valence-electron chi connectivity index (χ2n) is 4.68. The molecule has 2 atom stereocenters. The van der Waals surface area contributed by atoms with Gasteiger partial charge in [0, 0.05) is 0 Å². The Balaban J connectivity index is 2.27. The molecule has 0 amide bonds. The topological polar surface area (TPSA) is 72.2 Å². The van der Waals surface area contributed by atoms with Gasteiger partial charge in [-0.2, -0.15) is 0 Å². The maximum absolute atomic E-state index is 11.4. The molecule has 0 radical (unpaired) electrons. The molecular formula is C15H18N2O2RuS. The average molecular weight is 391 g/mol. The van der Waals surface area contributed by atoms with Crippen molar-refractivity contribution in [3.05, 3.63) is 71.8 Å². The van der Waals surface area contributed by atoms with E-state index in [0.29, 0.717) is 0 Å². The average Bonchev–Trinajstić information content (AvgIpc) is 2.48. The first-order valence-electron chi connectivity index (χ1n) is 6.39. The third kappa shape index (κ3) is 5.01. The number of hydrogen-bond donors (Lipinski definition) is 2. The molecule has 6 heteroatoms. The molecule has 2 rings (SSSR count). The standard InChI is InChI=1S/C14H14N.CH4NO2S.Ru/c15-14(13-9-5-2-6-10-13)11-12-7-3-1-4-8-12;1-5(2,3)4;/h1-11,14H,15H2;1H3,(H-,2,3,4);/q;-1;+1/t14-;;/m1../s1. The number of hydrogen-bond acceptors (Lipinski definition) is 3. The minimum atomic E-state index is -3.21. The van der Waals surface area contributed by atoms with Crippen LogP contribution in [-0.2, 0) is 27.4 Å². The molecule has 0 fully saturated rings. The summed E-state index contributed by atoms with van der Waals surface area (Å²) in [5.74, 6) is 0. The summed E-state index contributed by atoms with van der Waals surface area (Å²) < 4.78 is 25.4. The van der Waals surface area contributed by atoms with Crippen molar-refractivity contribution in [3.8, 4) is 0 Å². The first kappa shape index (κ1) is 16.3. The van der Waals surface area contributed by atoms with Crippen molar-refractivity contribution in [2.45, 2.75) is 10.6 Å². The molecule has 21 heavy (non-hydrogen) atoms. The van der Waals surface area contributed by atoms with E-state index in [9.17, 15) is 8.42 Å². The summed E-state index contributed by atoms with van der Waals surface area (Å²) in [6, 6.07) is 19.4. The van der Waals surface area contributed by atoms with Crippen molar-refractivity contribution in [1.82, 2.24) is 3.46 Å². The Morgan fingerprint density at radius 1 is 0.952 bits per heavy atom. The molecule has 0 saturated carbocycles. The first-order chi connectivity index (χ1) is 9.97. The van der Waals surface area contributed by atoms with E-state index >= 15 is 0 Å². The molecule has 2 aromatic rings. The molecule has 2 aromatic carbocycles. The van der Waals surface area contributed by atoms with Crippen LogP contribution < -0.4 is 9.20 Å². The van der Waals surface area contributed by atoms with E-state index < -0.39 is 27.4 Å². The van der Waals surface area contributed by atoms with E-state index in [1.807, 2.05) is 60.7 Å². The molecule has 4 nitrogen and oxygen atoms in total. The van der Waals surface area contributed by atoms with Gasteiger partial charge >= 0.3 is 134 Å². The molecule has 3 N–H and O–H groups in total. The van der Waals surface area contributed by atoms with E-state index in [4.69, 9.17) is 5.73 Å². The maximum atomic E-state index is 11.4. The number of sulfonamides is 1. The fourth-order valence-corrected chi connectivity index (χ4v) is 5.21. The SMILES string of the molecule is CS(=O)(=O)[NH][Ru][C@@H](c1ccccc1)[C@@H](N)c1ccccc1. The molecule has 0 aromatic heterocycles. The van der Waals surface area contributed by atoms with Crippen LogP contribution >= 0.6 is 0 Å². The predicted molar refractivity (Wildman–Crippen MR) is 80.5 cm³/mol. The van der Waals surface area contributed by atoms with Crippen LogP contribution in [0, 0.1) is 0 Å². The normalized spacial score (nSPS) is 14.8. The van der Waals surface area contributed by atoms with Crippen LogP contribution in [0.2, 0.25) is 0 Å². The van der Waals surface area contributed by atoms with Gasteiger partial charge in [0.1, 0.15) is 0 Å². The molecule has 0 aliphatic heterocycles. The van der Waals surface area contributed by atoms with Crippen molar-refractivity contribution in [2.24, 2.45) is 5.73 Å². The number of nitrogens with two attached hydrogens (primary N) is 1. The summed E-state index contributed by atoms with van der Waals surface area (Å²) in [5.41, 5.74) is 8.46. The van der Waals surface area contributed by atoms with Gasteiger partial charge in [-0.25, -0.2) is 0 Å². The van der Waals surface area contributed by atoms with E-state index in [1.165, 1.54) is 6.26 Å². The summed E-state index contributed by atoms with van der Waals surface area (Å²) in [7, 11) is -3.21. The van der Waals surface area contributed by atoms with Crippen LogP contribution in [-0.4, -0.2) is 14.7 Å². The molecule has 0 aliphatic carbocycles. The molecule has 0 bridgehead atoms. The van der Waals surface area contributed by atoms with Crippen molar-refractivity contribution in [2.75, 3.05) is 6.26 Å². The van der Waals surface area contributed by atoms with Crippen LogP contribution in [0.3, 0.4) is 0 Å². The molecule has 0 spiro atoms. The van der Waals surface area contributed by atoms with Crippen LogP contribution in [0.4, 0.5) is 0 Å². The monoisotopic (exact) mass is 392 g/mol. The van der Waals surface area contributed by atoms with E-state index in [1.54, 1.807) is 0 Å². The van der Waals surface area contributed by atoms with Gasteiger partial charge in [-0.05, 0) is 0 Å². The molecular weight excluding hydrogens is 373 g/mol. The third-order valence-corrected chi connectivity index (χ3v) is 7.52. The van der Waals surface area contributed by atoms with Gasteiger partial charge in [-0.15, -0.1) is 0 Å². The third-order valence-electron chi connectivity index (χ3n) is 2.88. The summed E-state index contributed by atoms with van der Waals surface area (Å²) in [6.07, 6.45) is 1.18. The Hall–Kier alpha value is -1.07. The minimum absolute atomic E-state index is 0.0319. The molecule has 0 unspecified atom stereocenters. The Bertz CT molecular complexity index is 663. The molecule has 0 aliphatic rings. The second-order valence-corrected chi connectivity index (χ2v) is 9.02. The number of rotatable bonds is 6. The quantitative estimate of drug-likeness (QED) is 0.740. The van der Waals surface area contributed by atoms with Crippen LogP contribution in [0.1, 0.15) is 21.7 Å². The van der Waals surface area contributed by atoms with E-state index in [-0.39, 0.29) is 10.6 Å². The van der Waals surface area contributed by atoms with Crippen molar-refractivity contribution in [1.29, 1.82) is 0 Å². The van der Waals surface area contributed by atoms with Gasteiger partial charge in [-0.1, -0.05) is 0 Å². The zero-order valence-electron chi connectivity index (χ0n) is 11.6. The summed E-state index contributed by atoms with van der Waals surface area (Å²) in [4.78, 5) is 0. The Morgan fingerprint density at radius 3 is 1.90 bits per heavy atom. The van der Waals surface area contributed by atoms with Crippen LogP contribution in [0.5, 0.6) is 0 Å². The van der Waals surface area contributed by atoms with Gasteiger partial charge in [0.15, 0.2) is 0 Å². The predicted octanol–water partition coefficient (Wildman–Crippen LogP) is 1.97. The van der Waals surface area contributed by atoms with Crippen LogP contribution in [0.15, 0.2) is 60.7 Å². The van der Waals surface area contributed by atoms with E-state index in [2.05, 4.69) is 3.46 Å². The summed E-state index contributed by atoms with van der Waals surface area (Å²) in [5, 5.41) is 0. The van der Waals surface area contributed by atoms with Crippen molar-refractivity contribution >= 4 is 10.0 Å². The fraction of sp³-hybridized carbons (Fsp3) is 0.200. The van der Waals surface area contributed by atoms with Gasteiger partial charge in [-0.3, -0.25) is 0 Å². The second kappa shape index (κ2) is 7.27. The fourth-order valence-electron chi connectivity index (χ4n) is 1.92. The number of nitrogens with one attached hydrogen (secondary N) is 1. The molecule has 0 heterocycles. The van der Waals surface area contributed by atoms with Crippen LogP contribution in [0.25, 0.3) is 0 Å². The zero-order valence-corrected chi connectivity index (χ0v) is 14.1. The number of benzene rings is 2. The van der Waals surface area contributed by atoms with Crippen molar-refractivity contribution in [3.63, 3.8) is 0 Å². The summed E-state index contributed by atoms with van der Waals surface area (Å²) in [6.45, 7) is 0. The van der Waals surface area contributed by atoms with E-state index in [0.717, 1.165) is 11.1 Å². The molecule has 0 saturated heterocycles. The van der Waals surface area contributed by atoms with Gasteiger partial charge in [0.05, 0.1) is 0 Å². The molecule has 114 valence electrons. The Morgan fingerprint density at radius 2 is 1.43 bits per heavy atom. The first-order valence-corrected chi connectivity index (χ1v) is 10.2. The Kier molecular flexibility index (Phi) is 5.65. The van der Waals surface area contributed by atoms with Crippen molar-refractivity contribution < 1.29 is 25.8 Å². The summed E-state index contributed by atoms with van der Waals surface area (Å²) >= 11 is -0.636. The van der Waals surface area contributed by atoms with Gasteiger partial charge < -0.3 is 0 Å². The van der Waals surface area contributed by atoms with Gasteiger partial charge in [0.2, 0.25) is 0 Å². The zero-order chi connectivity index (χ0) is 15.3. The Labute approximate surface area is 133 Å².